The van der Waals surface area contributed by atoms with Crippen molar-refractivity contribution in [3.8, 4) is 11.5 Å². The van der Waals surface area contributed by atoms with Gasteiger partial charge < -0.3 is 14.6 Å². The van der Waals surface area contributed by atoms with Gasteiger partial charge >= 0.3 is 12.6 Å². The van der Waals surface area contributed by atoms with Gasteiger partial charge in [-0.05, 0) is 60.9 Å². The molecule has 0 radical (unpaired) electrons. The molecule has 1 heterocycles. The lowest BCUT2D eigenvalue weighted by atomic mass is 10.0. The molecule has 1 aliphatic rings. The summed E-state index contributed by atoms with van der Waals surface area (Å²) >= 11 is 6.14. The zero-order valence-electron chi connectivity index (χ0n) is 20.8. The molecule has 0 unspecified atom stereocenters. The topological polar surface area (TPSA) is 93.1 Å². The van der Waals surface area contributed by atoms with Crippen LogP contribution in [0.2, 0.25) is 5.02 Å². The maximum absolute atomic E-state index is 15.4. The van der Waals surface area contributed by atoms with Gasteiger partial charge in [-0.25, -0.2) is 17.2 Å². The molecule has 0 spiro atoms. The summed E-state index contributed by atoms with van der Waals surface area (Å²) in [5, 5.41) is 9.19. The average molecular weight is 600 g/mol. The molecule has 0 fully saturated rings. The lowest BCUT2D eigenvalue weighted by molar-refractivity contribution is -0.137. The van der Waals surface area contributed by atoms with E-state index in [0.717, 1.165) is 28.6 Å². The number of hydrogen-bond acceptors (Lipinski definition) is 5. The van der Waals surface area contributed by atoms with Crippen LogP contribution in [-0.2, 0) is 14.8 Å². The molecule has 4 rings (SSSR count). The third kappa shape index (κ3) is 6.34. The Morgan fingerprint density at radius 1 is 1.18 bits per heavy atom. The number of rotatable bonds is 9. The minimum Gasteiger partial charge on any atom is -0.483 e. The molecule has 0 saturated heterocycles. The maximum Gasteiger partial charge on any atom is 0.387 e. The predicted molar refractivity (Wildman–Crippen MR) is 140 cm³/mol. The molecule has 0 aromatic heterocycles. The van der Waals surface area contributed by atoms with Crippen LogP contribution in [0, 0.1) is 11.6 Å². The predicted octanol–water partition coefficient (Wildman–Crippen LogP) is 6.60. The van der Waals surface area contributed by atoms with Crippen molar-refractivity contribution < 1.29 is 45.4 Å². The molecule has 3 aromatic rings. The summed E-state index contributed by atoms with van der Waals surface area (Å²) in [5.41, 5.74) is 0.332. The number of nitrogens with zero attached hydrogens (tertiary/aromatic N) is 1. The highest BCUT2D eigenvalue weighted by atomic mass is 35.5. The van der Waals surface area contributed by atoms with Gasteiger partial charge in [-0.15, -0.1) is 0 Å². The van der Waals surface area contributed by atoms with Crippen LogP contribution in [0.25, 0.3) is 11.6 Å². The molecule has 1 N–H and O–H groups in total. The minimum absolute atomic E-state index is 0.0765. The Hall–Kier alpha value is -3.77. The molecule has 7 nitrogen and oxygen atoms in total. The smallest absolute Gasteiger partial charge is 0.387 e. The molecule has 1 atom stereocenters. The van der Waals surface area contributed by atoms with Crippen molar-refractivity contribution in [2.24, 2.45) is 0 Å². The standard InChI is InChI=1S/C27H22ClF4NO6S/c1-15(25-20(28)6-3-7-21(25)29)10-16-11-22(30)26-23(12-16)33(14-18(38-26)8-9-24(34)35)40(36,37)19-5-2-4-17(13-19)39-27(31)32/h2-7,10-13,18,27H,8-9,14H2,1H3,(H,34,35)/t18-/m0/s1. The fraction of sp³-hybridized carbons (Fsp3) is 0.222. The number of ether oxygens (including phenoxy) is 2. The highest BCUT2D eigenvalue weighted by Gasteiger charge is 2.37. The zero-order valence-corrected chi connectivity index (χ0v) is 22.4. The van der Waals surface area contributed by atoms with E-state index in [4.69, 9.17) is 21.4 Å². The normalized spacial score (nSPS) is 15.5. The first kappa shape index (κ1) is 29.2. The van der Waals surface area contributed by atoms with E-state index < -0.39 is 63.3 Å². The van der Waals surface area contributed by atoms with E-state index in [1.165, 1.54) is 36.4 Å². The second-order valence-corrected chi connectivity index (χ2v) is 11.1. The molecular weight excluding hydrogens is 578 g/mol. The van der Waals surface area contributed by atoms with Crippen LogP contribution in [0.4, 0.5) is 23.2 Å². The quantitative estimate of drug-likeness (QED) is 0.220. The first-order valence-corrected chi connectivity index (χ1v) is 13.6. The molecule has 0 bridgehead atoms. The lowest BCUT2D eigenvalue weighted by Crippen LogP contribution is -2.44. The van der Waals surface area contributed by atoms with Crippen LogP contribution in [-0.4, -0.2) is 38.8 Å². The number of alkyl halides is 2. The Bertz CT molecular complexity index is 1560. The van der Waals surface area contributed by atoms with Crippen molar-refractivity contribution in [2.45, 2.75) is 37.4 Å². The van der Waals surface area contributed by atoms with Crippen molar-refractivity contribution in [2.75, 3.05) is 10.8 Å². The van der Waals surface area contributed by atoms with Crippen LogP contribution in [0.3, 0.4) is 0 Å². The first-order valence-electron chi connectivity index (χ1n) is 11.8. The summed E-state index contributed by atoms with van der Waals surface area (Å²) in [4.78, 5) is 10.7. The van der Waals surface area contributed by atoms with Crippen molar-refractivity contribution in [3.05, 3.63) is 82.4 Å². The minimum atomic E-state index is -4.52. The van der Waals surface area contributed by atoms with Gasteiger partial charge in [0.25, 0.3) is 10.0 Å². The summed E-state index contributed by atoms with van der Waals surface area (Å²) in [7, 11) is -4.52. The molecule has 40 heavy (non-hydrogen) atoms. The third-order valence-electron chi connectivity index (χ3n) is 6.01. The van der Waals surface area contributed by atoms with Gasteiger partial charge in [0.1, 0.15) is 17.7 Å². The fourth-order valence-corrected chi connectivity index (χ4v) is 6.11. The van der Waals surface area contributed by atoms with E-state index in [1.54, 1.807) is 6.92 Å². The van der Waals surface area contributed by atoms with Gasteiger partial charge in [0, 0.05) is 18.1 Å². The molecule has 3 aromatic carbocycles. The Morgan fingerprint density at radius 3 is 2.58 bits per heavy atom. The molecule has 0 amide bonds. The molecule has 212 valence electrons. The van der Waals surface area contributed by atoms with E-state index >= 15 is 4.39 Å². The molecular formula is C27H22ClF4NO6S. The van der Waals surface area contributed by atoms with Gasteiger partial charge in [-0.2, -0.15) is 8.78 Å². The fourth-order valence-electron chi connectivity index (χ4n) is 4.27. The number of aliphatic carboxylic acids is 1. The first-order chi connectivity index (χ1) is 18.9. The number of benzene rings is 3. The van der Waals surface area contributed by atoms with E-state index in [2.05, 4.69) is 4.74 Å². The second kappa shape index (κ2) is 11.8. The van der Waals surface area contributed by atoms with Crippen molar-refractivity contribution in [3.63, 3.8) is 0 Å². The van der Waals surface area contributed by atoms with Crippen LogP contribution >= 0.6 is 11.6 Å². The van der Waals surface area contributed by atoms with Crippen LogP contribution in [0.15, 0.2) is 59.5 Å². The summed E-state index contributed by atoms with van der Waals surface area (Å²) in [6.45, 7) is -2.05. The molecule has 1 aliphatic heterocycles. The highest BCUT2D eigenvalue weighted by molar-refractivity contribution is 7.92. The van der Waals surface area contributed by atoms with E-state index in [0.29, 0.717) is 5.57 Å². The number of allylic oxidation sites excluding steroid dienone is 1. The molecule has 0 aliphatic carbocycles. The van der Waals surface area contributed by atoms with Crippen LogP contribution < -0.4 is 13.8 Å². The number of carboxylic acid groups (broad SMARTS) is 1. The number of halogens is 5. The van der Waals surface area contributed by atoms with Crippen molar-refractivity contribution in [1.29, 1.82) is 0 Å². The van der Waals surface area contributed by atoms with E-state index in [9.17, 15) is 26.4 Å². The van der Waals surface area contributed by atoms with E-state index in [1.807, 2.05) is 0 Å². The Kier molecular flexibility index (Phi) is 8.59. The number of fused-ring (bicyclic) bond motifs is 1. The summed E-state index contributed by atoms with van der Waals surface area (Å²) < 4.78 is 93.6. The third-order valence-corrected chi connectivity index (χ3v) is 8.10. The van der Waals surface area contributed by atoms with Gasteiger partial charge in [0.05, 0.1) is 22.2 Å². The van der Waals surface area contributed by atoms with Gasteiger partial charge in [-0.3, -0.25) is 9.10 Å². The SMILES string of the molecule is CC(=Cc1cc(F)c2c(c1)N(S(=O)(=O)c1cccc(OC(F)F)c1)C[C@H](CCC(=O)O)O2)c1c(F)cccc1Cl. The molecule has 13 heteroatoms. The summed E-state index contributed by atoms with van der Waals surface area (Å²) in [5.74, 6) is -3.58. The number of anilines is 1. The monoisotopic (exact) mass is 599 g/mol. The maximum atomic E-state index is 15.4. The van der Waals surface area contributed by atoms with Gasteiger partial charge in [0.2, 0.25) is 0 Å². The number of carbonyl (C=O) groups is 1. The summed E-state index contributed by atoms with van der Waals surface area (Å²) in [6, 6.07) is 10.9. The Morgan fingerprint density at radius 2 is 1.90 bits per heavy atom. The van der Waals surface area contributed by atoms with Crippen molar-refractivity contribution >= 4 is 44.9 Å². The lowest BCUT2D eigenvalue weighted by Gasteiger charge is -2.36. The molecule has 0 saturated carbocycles. The Balaban J connectivity index is 1.82. The van der Waals surface area contributed by atoms with Crippen molar-refractivity contribution in [1.82, 2.24) is 0 Å². The Labute approximate surface area is 232 Å². The second-order valence-electron chi connectivity index (χ2n) is 8.84. The zero-order chi connectivity index (χ0) is 29.2. The van der Waals surface area contributed by atoms with Crippen LogP contribution in [0.1, 0.15) is 30.9 Å². The average Bonchev–Trinajstić information content (AvgIpc) is 2.87. The van der Waals surface area contributed by atoms with Gasteiger partial charge in [0.15, 0.2) is 11.6 Å². The largest absolute Gasteiger partial charge is 0.483 e. The summed E-state index contributed by atoms with van der Waals surface area (Å²) in [6.07, 6.45) is -0.141. The van der Waals surface area contributed by atoms with Gasteiger partial charge in [-0.1, -0.05) is 29.8 Å². The highest BCUT2D eigenvalue weighted by Crippen LogP contribution is 2.42. The number of hydrogen-bond donors (Lipinski definition) is 1. The van der Waals surface area contributed by atoms with E-state index in [-0.39, 0.29) is 34.7 Å². The van der Waals surface area contributed by atoms with Crippen LogP contribution in [0.5, 0.6) is 11.5 Å². The number of carboxylic acids is 1. The number of sulfonamides is 1.